The van der Waals surface area contributed by atoms with Crippen LogP contribution in [0, 0.1) is 0 Å². The van der Waals surface area contributed by atoms with E-state index in [4.69, 9.17) is 9.73 Å². The Morgan fingerprint density at radius 3 is 2.44 bits per heavy atom. The molecule has 0 N–H and O–H groups in total. The van der Waals surface area contributed by atoms with E-state index in [2.05, 4.69) is 22.9 Å². The first-order valence-corrected chi connectivity index (χ1v) is 13.1. The normalized spacial score (nSPS) is 15.9. The Kier molecular flexibility index (Phi) is 8.61. The highest BCUT2D eigenvalue weighted by Gasteiger charge is 2.34. The zero-order valence-electron chi connectivity index (χ0n) is 19.1. The molecule has 3 aromatic rings. The highest BCUT2D eigenvalue weighted by atomic mass is 79.9. The number of rotatable bonds is 9. The van der Waals surface area contributed by atoms with E-state index >= 15 is 0 Å². The Morgan fingerprint density at radius 2 is 1.71 bits per heavy atom. The standard InChI is InChI=1S/C28H27BrN2O2S/c1-2-3-4-11-18-33-25-17-16-22(29)19-21(25)20-26-27(32)31(24-14-9-6-10-15-24)28(34-26)30-23-12-7-5-8-13-23/h5-10,12-17,19-20H,2-4,11,18H2,1H3/b26-20+,30-28?. The van der Waals surface area contributed by atoms with Crippen molar-refractivity contribution < 1.29 is 9.53 Å². The minimum atomic E-state index is -0.0975. The SMILES string of the molecule is CCCCCCOc1ccc(Br)cc1/C=C1/SC(=Nc2ccccc2)N(c2ccccc2)C1=O. The summed E-state index contributed by atoms with van der Waals surface area (Å²) in [5.41, 5.74) is 2.47. The molecule has 3 aromatic carbocycles. The number of para-hydroxylation sites is 2. The van der Waals surface area contributed by atoms with E-state index in [1.54, 1.807) is 4.90 Å². The van der Waals surface area contributed by atoms with Crippen molar-refractivity contribution in [3.8, 4) is 5.75 Å². The second kappa shape index (κ2) is 12.0. The van der Waals surface area contributed by atoms with Gasteiger partial charge in [0, 0.05) is 10.0 Å². The number of thioether (sulfide) groups is 1. The van der Waals surface area contributed by atoms with E-state index in [0.717, 1.165) is 40.0 Å². The zero-order chi connectivity index (χ0) is 23.8. The van der Waals surface area contributed by atoms with Gasteiger partial charge < -0.3 is 4.74 Å². The number of ether oxygens (including phenoxy) is 1. The number of halogens is 1. The molecule has 6 heteroatoms. The van der Waals surface area contributed by atoms with E-state index in [9.17, 15) is 4.79 Å². The third-order valence-electron chi connectivity index (χ3n) is 5.32. The summed E-state index contributed by atoms with van der Waals surface area (Å²) in [6.45, 7) is 2.86. The van der Waals surface area contributed by atoms with Gasteiger partial charge in [-0.1, -0.05) is 78.5 Å². The molecule has 0 bridgehead atoms. The van der Waals surface area contributed by atoms with Gasteiger partial charge in [0.25, 0.3) is 5.91 Å². The monoisotopic (exact) mass is 534 g/mol. The van der Waals surface area contributed by atoms with E-state index in [-0.39, 0.29) is 5.91 Å². The highest BCUT2D eigenvalue weighted by molar-refractivity contribution is 9.10. The van der Waals surface area contributed by atoms with Crippen LogP contribution in [0.3, 0.4) is 0 Å². The van der Waals surface area contributed by atoms with Gasteiger partial charge in [0.05, 0.1) is 22.9 Å². The number of carbonyl (C=O) groups is 1. The van der Waals surface area contributed by atoms with Crippen molar-refractivity contribution in [3.63, 3.8) is 0 Å². The largest absolute Gasteiger partial charge is 0.493 e. The third-order valence-corrected chi connectivity index (χ3v) is 6.78. The van der Waals surface area contributed by atoms with Crippen LogP contribution in [0.5, 0.6) is 5.75 Å². The van der Waals surface area contributed by atoms with E-state index in [0.29, 0.717) is 16.7 Å². The molecule has 0 radical (unpaired) electrons. The van der Waals surface area contributed by atoms with Crippen molar-refractivity contribution in [2.45, 2.75) is 32.6 Å². The summed E-state index contributed by atoms with van der Waals surface area (Å²) < 4.78 is 7.02. The first-order valence-electron chi connectivity index (χ1n) is 11.5. The predicted molar refractivity (Wildman–Crippen MR) is 147 cm³/mol. The molecule has 0 spiro atoms. The van der Waals surface area contributed by atoms with Gasteiger partial charge in [-0.05, 0) is 66.7 Å². The van der Waals surface area contributed by atoms with Gasteiger partial charge in [0.2, 0.25) is 0 Å². The lowest BCUT2D eigenvalue weighted by Crippen LogP contribution is -2.28. The predicted octanol–water partition coefficient (Wildman–Crippen LogP) is 8.22. The van der Waals surface area contributed by atoms with Crippen LogP contribution in [-0.4, -0.2) is 17.7 Å². The number of nitrogens with zero attached hydrogens (tertiary/aromatic N) is 2. The van der Waals surface area contributed by atoms with Gasteiger partial charge in [-0.3, -0.25) is 9.69 Å². The van der Waals surface area contributed by atoms with Crippen LogP contribution < -0.4 is 9.64 Å². The molecule has 1 fully saturated rings. The molecule has 1 amide bonds. The maximum atomic E-state index is 13.5. The highest BCUT2D eigenvalue weighted by Crippen LogP contribution is 2.38. The Hall–Kier alpha value is -2.83. The molecule has 1 aliphatic heterocycles. The maximum Gasteiger partial charge on any atom is 0.271 e. The number of anilines is 1. The van der Waals surface area contributed by atoms with E-state index in [1.807, 2.05) is 84.9 Å². The minimum absolute atomic E-state index is 0.0975. The molecular formula is C28H27BrN2O2S. The van der Waals surface area contributed by atoms with E-state index in [1.165, 1.54) is 24.6 Å². The number of amidine groups is 1. The van der Waals surface area contributed by atoms with Crippen molar-refractivity contribution in [2.24, 2.45) is 4.99 Å². The Balaban J connectivity index is 1.65. The van der Waals surface area contributed by atoms with Crippen molar-refractivity contribution >= 4 is 56.2 Å². The smallest absolute Gasteiger partial charge is 0.271 e. The van der Waals surface area contributed by atoms with Crippen molar-refractivity contribution in [2.75, 3.05) is 11.5 Å². The van der Waals surface area contributed by atoms with E-state index < -0.39 is 0 Å². The number of carbonyl (C=O) groups excluding carboxylic acids is 1. The van der Waals surface area contributed by atoms with Crippen molar-refractivity contribution in [1.29, 1.82) is 0 Å². The summed E-state index contributed by atoms with van der Waals surface area (Å²) in [6, 6.07) is 25.2. The van der Waals surface area contributed by atoms with Gasteiger partial charge in [-0.15, -0.1) is 0 Å². The van der Waals surface area contributed by atoms with Gasteiger partial charge >= 0.3 is 0 Å². The number of amides is 1. The number of unbranched alkanes of at least 4 members (excludes halogenated alkanes) is 3. The summed E-state index contributed by atoms with van der Waals surface area (Å²) in [5, 5.41) is 0.630. The summed E-state index contributed by atoms with van der Waals surface area (Å²) in [5.74, 6) is 0.681. The molecule has 174 valence electrons. The lowest BCUT2D eigenvalue weighted by atomic mass is 10.1. The fourth-order valence-corrected chi connectivity index (χ4v) is 4.95. The quantitative estimate of drug-likeness (QED) is 0.205. The number of hydrogen-bond donors (Lipinski definition) is 0. The molecule has 0 atom stereocenters. The van der Waals surface area contributed by atoms with Crippen LogP contribution in [0.15, 0.2) is 93.2 Å². The summed E-state index contributed by atoms with van der Waals surface area (Å²) >= 11 is 4.93. The second-order valence-electron chi connectivity index (χ2n) is 7.91. The summed E-state index contributed by atoms with van der Waals surface area (Å²) in [6.07, 6.45) is 6.49. The number of hydrogen-bond acceptors (Lipinski definition) is 4. The average Bonchev–Trinajstić information content (AvgIpc) is 3.15. The molecule has 1 heterocycles. The second-order valence-corrected chi connectivity index (χ2v) is 9.83. The summed E-state index contributed by atoms with van der Waals surface area (Å²) in [7, 11) is 0. The maximum absolute atomic E-state index is 13.5. The van der Waals surface area contributed by atoms with Crippen molar-refractivity contribution in [3.05, 3.63) is 93.8 Å². The van der Waals surface area contributed by atoms with Gasteiger partial charge in [0.15, 0.2) is 5.17 Å². The van der Waals surface area contributed by atoms with Crippen LogP contribution >= 0.6 is 27.7 Å². The van der Waals surface area contributed by atoms with Crippen LogP contribution in [0.1, 0.15) is 38.2 Å². The van der Waals surface area contributed by atoms with Crippen LogP contribution in [0.4, 0.5) is 11.4 Å². The lowest BCUT2D eigenvalue weighted by molar-refractivity contribution is -0.113. The molecule has 1 aliphatic rings. The van der Waals surface area contributed by atoms with Crippen LogP contribution in [-0.2, 0) is 4.79 Å². The molecule has 34 heavy (non-hydrogen) atoms. The molecular weight excluding hydrogens is 508 g/mol. The molecule has 0 aromatic heterocycles. The Bertz CT molecular complexity index is 1180. The van der Waals surface area contributed by atoms with Gasteiger partial charge in [0.1, 0.15) is 5.75 Å². The average molecular weight is 536 g/mol. The first-order chi connectivity index (χ1) is 16.7. The lowest BCUT2D eigenvalue weighted by Gasteiger charge is -2.15. The molecule has 4 rings (SSSR count). The topological polar surface area (TPSA) is 41.9 Å². The minimum Gasteiger partial charge on any atom is -0.493 e. The summed E-state index contributed by atoms with van der Waals surface area (Å²) in [4.78, 5) is 20.6. The molecule has 0 unspecified atom stereocenters. The fraction of sp³-hybridized carbons (Fsp3) is 0.214. The third kappa shape index (κ3) is 6.19. The number of aliphatic imine (C=N–C) groups is 1. The van der Waals surface area contributed by atoms with Gasteiger partial charge in [-0.25, -0.2) is 4.99 Å². The fourth-order valence-electron chi connectivity index (χ4n) is 3.58. The number of benzene rings is 3. The first kappa shape index (κ1) is 24.3. The van der Waals surface area contributed by atoms with Crippen LogP contribution in [0.25, 0.3) is 6.08 Å². The molecule has 4 nitrogen and oxygen atoms in total. The Morgan fingerprint density at radius 1 is 0.971 bits per heavy atom. The van der Waals surface area contributed by atoms with Crippen LogP contribution in [0.2, 0.25) is 0 Å². The molecule has 0 saturated carbocycles. The Labute approximate surface area is 213 Å². The zero-order valence-corrected chi connectivity index (χ0v) is 21.5. The molecule has 0 aliphatic carbocycles. The van der Waals surface area contributed by atoms with Gasteiger partial charge in [-0.2, -0.15) is 0 Å². The van der Waals surface area contributed by atoms with Crippen molar-refractivity contribution in [1.82, 2.24) is 0 Å². The molecule has 1 saturated heterocycles.